The molecule has 20 heavy (non-hydrogen) atoms. The zero-order valence-electron chi connectivity index (χ0n) is 11.3. The van der Waals surface area contributed by atoms with E-state index >= 15 is 0 Å². The smallest absolute Gasteiger partial charge is 0.302 e. The summed E-state index contributed by atoms with van der Waals surface area (Å²) >= 11 is 0. The predicted octanol–water partition coefficient (Wildman–Crippen LogP) is 3.33. The average molecular weight is 266 g/mol. The van der Waals surface area contributed by atoms with Crippen molar-refractivity contribution in [3.63, 3.8) is 0 Å². The fourth-order valence-corrected chi connectivity index (χ4v) is 2.00. The number of hydrogen-bond donors (Lipinski definition) is 1. The second-order valence-electron chi connectivity index (χ2n) is 4.74. The molecule has 0 spiro atoms. The number of ether oxygens (including phenoxy) is 1. The van der Waals surface area contributed by atoms with Crippen LogP contribution < -0.4 is 10.3 Å². The Kier molecular flexibility index (Phi) is 2.99. The van der Waals surface area contributed by atoms with Gasteiger partial charge in [0, 0.05) is 0 Å². The van der Waals surface area contributed by atoms with Gasteiger partial charge >= 0.3 is 6.01 Å². The maximum absolute atomic E-state index is 11.9. The van der Waals surface area contributed by atoms with E-state index in [1.54, 1.807) is 12.1 Å². The lowest BCUT2D eigenvalue weighted by Gasteiger charge is -2.07. The highest BCUT2D eigenvalue weighted by molar-refractivity contribution is 5.77. The van der Waals surface area contributed by atoms with E-state index in [1.165, 1.54) is 5.56 Å². The van der Waals surface area contributed by atoms with Crippen LogP contribution in [0.3, 0.4) is 0 Å². The Morgan fingerprint density at radius 1 is 1.05 bits per heavy atom. The second kappa shape index (κ2) is 4.81. The van der Waals surface area contributed by atoms with E-state index in [9.17, 15) is 4.79 Å². The highest BCUT2D eigenvalue weighted by Gasteiger charge is 2.05. The molecule has 100 valence electrons. The molecule has 0 unspecified atom stereocenters. The lowest BCUT2D eigenvalue weighted by Crippen LogP contribution is -2.09. The quantitative estimate of drug-likeness (QED) is 0.774. The van der Waals surface area contributed by atoms with E-state index in [0.29, 0.717) is 16.7 Å². The summed E-state index contributed by atoms with van der Waals surface area (Å²) in [4.78, 5) is 18.9. The van der Waals surface area contributed by atoms with Gasteiger partial charge in [-0.05, 0) is 49.2 Å². The number of H-pyrrole nitrogens is 1. The van der Waals surface area contributed by atoms with Gasteiger partial charge in [0.15, 0.2) is 0 Å². The van der Waals surface area contributed by atoms with Crippen LogP contribution in [0.15, 0.2) is 47.3 Å². The molecule has 0 bridgehead atoms. The van der Waals surface area contributed by atoms with Crippen molar-refractivity contribution in [1.82, 2.24) is 9.97 Å². The Morgan fingerprint density at radius 3 is 2.65 bits per heavy atom. The van der Waals surface area contributed by atoms with Gasteiger partial charge in [-0.25, -0.2) is 0 Å². The molecule has 1 heterocycles. The molecule has 0 radical (unpaired) electrons. The van der Waals surface area contributed by atoms with Gasteiger partial charge < -0.3 is 4.74 Å². The van der Waals surface area contributed by atoms with Crippen LogP contribution in [-0.2, 0) is 0 Å². The normalized spacial score (nSPS) is 10.7. The molecule has 4 heteroatoms. The minimum absolute atomic E-state index is 0.200. The Hall–Kier alpha value is -2.62. The van der Waals surface area contributed by atoms with Crippen LogP contribution in [0, 0.1) is 13.8 Å². The van der Waals surface area contributed by atoms with Crippen molar-refractivity contribution in [2.24, 2.45) is 0 Å². The Balaban J connectivity index is 2.02. The lowest BCUT2D eigenvalue weighted by atomic mass is 10.1. The van der Waals surface area contributed by atoms with Crippen molar-refractivity contribution in [2.45, 2.75) is 13.8 Å². The molecule has 3 aromatic rings. The maximum Gasteiger partial charge on any atom is 0.302 e. The molecule has 0 aliphatic rings. The van der Waals surface area contributed by atoms with Gasteiger partial charge in [-0.15, -0.1) is 0 Å². The molecule has 3 rings (SSSR count). The summed E-state index contributed by atoms with van der Waals surface area (Å²) < 4.78 is 5.64. The topological polar surface area (TPSA) is 55.0 Å². The number of aromatic amines is 1. The van der Waals surface area contributed by atoms with Gasteiger partial charge in [-0.2, -0.15) is 4.98 Å². The Morgan fingerprint density at radius 2 is 1.85 bits per heavy atom. The number of hydrogen-bond acceptors (Lipinski definition) is 3. The summed E-state index contributed by atoms with van der Waals surface area (Å²) in [5, 5.41) is 0.555. The third-order valence-corrected chi connectivity index (χ3v) is 3.28. The molecule has 0 amide bonds. The van der Waals surface area contributed by atoms with Crippen LogP contribution in [0.2, 0.25) is 0 Å². The summed E-state index contributed by atoms with van der Waals surface area (Å²) in [7, 11) is 0. The molecule has 4 nitrogen and oxygen atoms in total. The van der Waals surface area contributed by atoms with Crippen LogP contribution in [0.5, 0.6) is 11.8 Å². The van der Waals surface area contributed by atoms with Crippen LogP contribution in [0.4, 0.5) is 0 Å². The molecule has 1 aromatic heterocycles. The summed E-state index contributed by atoms with van der Waals surface area (Å²) in [5.74, 6) is 0.659. The van der Waals surface area contributed by atoms with Crippen molar-refractivity contribution in [1.29, 1.82) is 0 Å². The van der Waals surface area contributed by atoms with Crippen molar-refractivity contribution in [2.75, 3.05) is 0 Å². The first-order valence-electron chi connectivity index (χ1n) is 6.37. The van der Waals surface area contributed by atoms with Gasteiger partial charge in [0.05, 0.1) is 10.9 Å². The third kappa shape index (κ3) is 2.28. The van der Waals surface area contributed by atoms with E-state index in [-0.39, 0.29) is 11.6 Å². The fraction of sp³-hybridized carbons (Fsp3) is 0.125. The number of benzene rings is 2. The highest BCUT2D eigenvalue weighted by Crippen LogP contribution is 2.21. The summed E-state index contributed by atoms with van der Waals surface area (Å²) in [5.41, 5.74) is 2.74. The monoisotopic (exact) mass is 266 g/mol. The van der Waals surface area contributed by atoms with Crippen LogP contribution >= 0.6 is 0 Å². The van der Waals surface area contributed by atoms with E-state index in [2.05, 4.69) is 9.97 Å². The third-order valence-electron chi connectivity index (χ3n) is 3.28. The molecule has 0 fully saturated rings. The molecule has 0 aliphatic carbocycles. The number of nitrogens with zero attached hydrogens (tertiary/aromatic N) is 1. The number of rotatable bonds is 2. The number of aryl methyl sites for hydroxylation is 2. The summed E-state index contributed by atoms with van der Waals surface area (Å²) in [6.45, 7) is 4.05. The average Bonchev–Trinajstić information content (AvgIpc) is 2.43. The first-order chi connectivity index (χ1) is 9.63. The van der Waals surface area contributed by atoms with Crippen molar-refractivity contribution < 1.29 is 4.74 Å². The largest absolute Gasteiger partial charge is 0.426 e. The molecular weight excluding hydrogens is 252 g/mol. The number of para-hydroxylation sites is 1. The summed E-state index contributed by atoms with van der Waals surface area (Å²) in [6.07, 6.45) is 0. The van der Waals surface area contributed by atoms with Gasteiger partial charge in [0.1, 0.15) is 5.75 Å². The van der Waals surface area contributed by atoms with Crippen molar-refractivity contribution in [3.05, 3.63) is 63.9 Å². The van der Waals surface area contributed by atoms with Gasteiger partial charge in [-0.1, -0.05) is 18.2 Å². The van der Waals surface area contributed by atoms with Crippen LogP contribution in [0.1, 0.15) is 11.1 Å². The Labute approximate surface area is 116 Å². The second-order valence-corrected chi connectivity index (χ2v) is 4.74. The maximum atomic E-state index is 11.9. The van der Waals surface area contributed by atoms with E-state index in [4.69, 9.17) is 4.74 Å². The molecule has 1 N–H and O–H groups in total. The molecule has 0 aliphatic heterocycles. The van der Waals surface area contributed by atoms with E-state index < -0.39 is 0 Å². The van der Waals surface area contributed by atoms with Crippen LogP contribution in [0.25, 0.3) is 10.9 Å². The minimum atomic E-state index is -0.200. The number of nitrogens with one attached hydrogen (secondary N) is 1. The highest BCUT2D eigenvalue weighted by atomic mass is 16.5. The minimum Gasteiger partial charge on any atom is -0.426 e. The van der Waals surface area contributed by atoms with E-state index in [1.807, 2.05) is 44.2 Å². The van der Waals surface area contributed by atoms with Gasteiger partial charge in [0.25, 0.3) is 5.56 Å². The predicted molar refractivity (Wildman–Crippen MR) is 78.4 cm³/mol. The molecular formula is C16H14N2O2. The number of fused-ring (bicyclic) bond motifs is 1. The van der Waals surface area contributed by atoms with Crippen molar-refractivity contribution in [3.8, 4) is 11.8 Å². The SMILES string of the molecule is Cc1ccc(Oc2nc3ccccc3c(=O)[nH]2)cc1C. The zero-order valence-corrected chi connectivity index (χ0v) is 11.3. The van der Waals surface area contributed by atoms with Crippen LogP contribution in [-0.4, -0.2) is 9.97 Å². The molecule has 2 aromatic carbocycles. The van der Waals surface area contributed by atoms with Crippen molar-refractivity contribution >= 4 is 10.9 Å². The van der Waals surface area contributed by atoms with E-state index in [0.717, 1.165) is 5.56 Å². The molecule has 0 saturated heterocycles. The van der Waals surface area contributed by atoms with Gasteiger partial charge in [-0.3, -0.25) is 9.78 Å². The number of aromatic nitrogens is 2. The standard InChI is InChI=1S/C16H14N2O2/c1-10-7-8-12(9-11(10)2)20-16-17-14-6-4-3-5-13(14)15(19)18-16/h3-9H,1-2H3,(H,17,18,19). The van der Waals surface area contributed by atoms with Gasteiger partial charge in [0.2, 0.25) is 0 Å². The fourth-order valence-electron chi connectivity index (χ4n) is 2.00. The molecule has 0 saturated carbocycles. The Bertz CT molecular complexity index is 837. The first-order valence-corrected chi connectivity index (χ1v) is 6.37. The lowest BCUT2D eigenvalue weighted by molar-refractivity contribution is 0.442. The molecule has 0 atom stereocenters. The zero-order chi connectivity index (χ0) is 14.1. The first kappa shape index (κ1) is 12.4. The summed E-state index contributed by atoms with van der Waals surface area (Å²) in [6, 6.07) is 13.1.